The fraction of sp³-hybridized carbons (Fsp3) is 0.125. The lowest BCUT2D eigenvalue weighted by Gasteiger charge is -2.12. The zero-order chi connectivity index (χ0) is 14.8. The molecule has 0 aliphatic carbocycles. The minimum Gasteiger partial charge on any atom is -0.373 e. The van der Waals surface area contributed by atoms with Crippen LogP contribution in [0.4, 0.5) is 15.8 Å². The molecule has 0 fully saturated rings. The molecule has 2 N–H and O–H groups in total. The van der Waals surface area contributed by atoms with E-state index in [0.717, 1.165) is 17.3 Å². The Hall–Kier alpha value is -2.87. The third-order valence-electron chi connectivity index (χ3n) is 3.44. The molecule has 1 heterocycles. The van der Waals surface area contributed by atoms with Crippen molar-refractivity contribution in [3.8, 4) is 6.07 Å². The molecule has 2 aromatic carbocycles. The van der Waals surface area contributed by atoms with E-state index in [4.69, 9.17) is 5.26 Å². The number of hydrogen-bond acceptors (Lipinski definition) is 3. The Morgan fingerprint density at radius 1 is 1.33 bits per heavy atom. The van der Waals surface area contributed by atoms with Crippen molar-refractivity contribution in [1.82, 2.24) is 0 Å². The monoisotopic (exact) mass is 281 g/mol. The predicted octanol–water partition coefficient (Wildman–Crippen LogP) is 2.67. The predicted molar refractivity (Wildman–Crippen MR) is 77.3 cm³/mol. The maximum absolute atomic E-state index is 13.8. The second-order valence-corrected chi connectivity index (χ2v) is 4.85. The van der Waals surface area contributed by atoms with Crippen LogP contribution < -0.4 is 10.6 Å². The van der Waals surface area contributed by atoms with Gasteiger partial charge in [0.1, 0.15) is 11.9 Å². The summed E-state index contributed by atoms with van der Waals surface area (Å²) in [7, 11) is 0. The minimum atomic E-state index is -0.613. The third-order valence-corrected chi connectivity index (χ3v) is 3.44. The van der Waals surface area contributed by atoms with E-state index in [2.05, 4.69) is 10.6 Å². The van der Waals surface area contributed by atoms with E-state index < -0.39 is 11.9 Å². The fourth-order valence-corrected chi connectivity index (χ4v) is 2.36. The Bertz CT molecular complexity index is 726. The van der Waals surface area contributed by atoms with Crippen LogP contribution in [0.2, 0.25) is 0 Å². The van der Waals surface area contributed by atoms with E-state index >= 15 is 0 Å². The fourth-order valence-electron chi connectivity index (χ4n) is 2.36. The van der Waals surface area contributed by atoms with Crippen molar-refractivity contribution in [2.45, 2.75) is 12.5 Å². The summed E-state index contributed by atoms with van der Waals surface area (Å²) in [6.45, 7) is 0. The van der Waals surface area contributed by atoms with Crippen molar-refractivity contribution in [2.75, 3.05) is 10.6 Å². The molecule has 21 heavy (non-hydrogen) atoms. The van der Waals surface area contributed by atoms with Gasteiger partial charge in [-0.1, -0.05) is 18.2 Å². The lowest BCUT2D eigenvalue weighted by molar-refractivity contribution is -0.116. The third kappa shape index (κ3) is 2.56. The maximum atomic E-state index is 13.8. The number of nitriles is 1. The van der Waals surface area contributed by atoms with Crippen LogP contribution in [-0.2, 0) is 11.2 Å². The zero-order valence-corrected chi connectivity index (χ0v) is 11.1. The van der Waals surface area contributed by atoms with Crippen LogP contribution in [0.1, 0.15) is 11.1 Å². The van der Waals surface area contributed by atoms with E-state index in [1.165, 1.54) is 12.1 Å². The first-order valence-corrected chi connectivity index (χ1v) is 6.52. The lowest BCUT2D eigenvalue weighted by atomic mass is 10.1. The standard InChI is InChI=1S/C16H12FN3O/c17-12-7-10(9-18)5-6-14(12)20-16(21)15-8-11-3-1-2-4-13(11)19-15/h1-7,15,19H,8H2,(H,20,21)/t15-/m0/s1. The van der Waals surface area contributed by atoms with Gasteiger partial charge in [0.15, 0.2) is 0 Å². The van der Waals surface area contributed by atoms with Crippen molar-refractivity contribution in [2.24, 2.45) is 0 Å². The topological polar surface area (TPSA) is 64.9 Å². The normalized spacial score (nSPS) is 15.7. The summed E-state index contributed by atoms with van der Waals surface area (Å²) < 4.78 is 13.8. The number of nitrogens with one attached hydrogen (secondary N) is 2. The number of anilines is 2. The molecule has 3 rings (SSSR count). The Morgan fingerprint density at radius 3 is 2.86 bits per heavy atom. The molecular weight excluding hydrogens is 269 g/mol. The molecule has 1 amide bonds. The van der Waals surface area contributed by atoms with Gasteiger partial charge in [-0.2, -0.15) is 5.26 Å². The summed E-state index contributed by atoms with van der Waals surface area (Å²) >= 11 is 0. The number of nitrogens with zero attached hydrogens (tertiary/aromatic N) is 1. The van der Waals surface area contributed by atoms with E-state index in [-0.39, 0.29) is 17.2 Å². The molecule has 0 saturated carbocycles. The number of benzene rings is 2. The van der Waals surface area contributed by atoms with Crippen LogP contribution in [0.3, 0.4) is 0 Å². The number of carbonyl (C=O) groups excluding carboxylic acids is 1. The van der Waals surface area contributed by atoms with Gasteiger partial charge in [0.25, 0.3) is 0 Å². The quantitative estimate of drug-likeness (QED) is 0.889. The van der Waals surface area contributed by atoms with E-state index in [1.807, 2.05) is 30.3 Å². The summed E-state index contributed by atoms with van der Waals surface area (Å²) in [5.74, 6) is -0.910. The van der Waals surface area contributed by atoms with E-state index in [9.17, 15) is 9.18 Å². The maximum Gasteiger partial charge on any atom is 0.247 e. The SMILES string of the molecule is N#Cc1ccc(NC(=O)[C@@H]2Cc3ccccc3N2)c(F)c1. The largest absolute Gasteiger partial charge is 0.373 e. The van der Waals surface area contributed by atoms with Crippen molar-refractivity contribution in [3.05, 3.63) is 59.4 Å². The Balaban J connectivity index is 1.73. The van der Waals surface area contributed by atoms with Gasteiger partial charge in [-0.3, -0.25) is 4.79 Å². The Morgan fingerprint density at radius 2 is 2.14 bits per heavy atom. The zero-order valence-electron chi connectivity index (χ0n) is 11.1. The molecule has 4 nitrogen and oxygen atoms in total. The van der Waals surface area contributed by atoms with Crippen molar-refractivity contribution >= 4 is 17.3 Å². The lowest BCUT2D eigenvalue weighted by Crippen LogP contribution is -2.33. The summed E-state index contributed by atoms with van der Waals surface area (Å²) in [5, 5.41) is 14.4. The van der Waals surface area contributed by atoms with Crippen LogP contribution in [0.5, 0.6) is 0 Å². The van der Waals surface area contributed by atoms with Gasteiger partial charge in [-0.25, -0.2) is 4.39 Å². The number of hydrogen-bond donors (Lipinski definition) is 2. The van der Waals surface area contributed by atoms with Crippen LogP contribution in [0, 0.1) is 17.1 Å². The minimum absolute atomic E-state index is 0.0803. The summed E-state index contributed by atoms with van der Waals surface area (Å²) in [6, 6.07) is 13.1. The van der Waals surface area contributed by atoms with Crippen LogP contribution in [0.15, 0.2) is 42.5 Å². The Kier molecular flexibility index (Phi) is 3.28. The average Bonchev–Trinajstić information content (AvgIpc) is 2.93. The number of carbonyl (C=O) groups is 1. The van der Waals surface area contributed by atoms with Gasteiger partial charge in [0, 0.05) is 12.1 Å². The molecule has 2 aromatic rings. The van der Waals surface area contributed by atoms with Crippen LogP contribution >= 0.6 is 0 Å². The molecule has 0 aromatic heterocycles. The molecule has 0 saturated heterocycles. The molecular formula is C16H12FN3O. The highest BCUT2D eigenvalue weighted by Gasteiger charge is 2.26. The highest BCUT2D eigenvalue weighted by atomic mass is 19.1. The molecule has 0 unspecified atom stereocenters. The van der Waals surface area contributed by atoms with Crippen LogP contribution in [0.25, 0.3) is 0 Å². The molecule has 104 valence electrons. The van der Waals surface area contributed by atoms with Gasteiger partial charge in [0.05, 0.1) is 17.3 Å². The summed E-state index contributed by atoms with van der Waals surface area (Å²) in [6.07, 6.45) is 0.569. The van der Waals surface area contributed by atoms with Gasteiger partial charge in [0.2, 0.25) is 5.91 Å². The first-order chi connectivity index (χ1) is 10.2. The second kappa shape index (κ2) is 5.25. The van der Waals surface area contributed by atoms with Crippen molar-refractivity contribution in [3.63, 3.8) is 0 Å². The van der Waals surface area contributed by atoms with Gasteiger partial charge in [-0.15, -0.1) is 0 Å². The number of fused-ring (bicyclic) bond motifs is 1. The Labute approximate surface area is 121 Å². The van der Waals surface area contributed by atoms with Gasteiger partial charge < -0.3 is 10.6 Å². The summed E-state index contributed by atoms with van der Waals surface area (Å²) in [5.41, 5.74) is 2.30. The number of amides is 1. The first kappa shape index (κ1) is 13.1. The molecule has 0 spiro atoms. The van der Waals surface area contributed by atoms with E-state index in [1.54, 1.807) is 0 Å². The average molecular weight is 281 g/mol. The molecule has 1 aliphatic rings. The highest BCUT2D eigenvalue weighted by Crippen LogP contribution is 2.26. The molecule has 0 bridgehead atoms. The number of para-hydroxylation sites is 1. The van der Waals surface area contributed by atoms with Crippen molar-refractivity contribution in [1.29, 1.82) is 5.26 Å². The van der Waals surface area contributed by atoms with Crippen molar-refractivity contribution < 1.29 is 9.18 Å². The molecule has 1 aliphatic heterocycles. The molecule has 5 heteroatoms. The smallest absolute Gasteiger partial charge is 0.247 e. The highest BCUT2D eigenvalue weighted by molar-refractivity contribution is 5.98. The number of rotatable bonds is 2. The second-order valence-electron chi connectivity index (χ2n) is 4.85. The molecule has 0 radical (unpaired) electrons. The van der Waals surface area contributed by atoms with E-state index in [0.29, 0.717) is 6.42 Å². The van der Waals surface area contributed by atoms with Gasteiger partial charge in [-0.05, 0) is 29.8 Å². The number of halogens is 1. The molecule has 1 atom stereocenters. The summed E-state index contributed by atoms with van der Waals surface area (Å²) in [4.78, 5) is 12.2. The van der Waals surface area contributed by atoms with Crippen LogP contribution in [-0.4, -0.2) is 11.9 Å². The van der Waals surface area contributed by atoms with Gasteiger partial charge >= 0.3 is 0 Å². The first-order valence-electron chi connectivity index (χ1n) is 6.52.